The van der Waals surface area contributed by atoms with E-state index in [1.165, 1.54) is 17.0 Å². The summed E-state index contributed by atoms with van der Waals surface area (Å²) in [6.45, 7) is 2.31. The Morgan fingerprint density at radius 2 is 2.00 bits per heavy atom. The average molecular weight is 251 g/mol. The van der Waals surface area contributed by atoms with Crippen molar-refractivity contribution in [3.8, 4) is 5.75 Å². The molecular weight excluding hydrogens is 234 g/mol. The van der Waals surface area contributed by atoms with Crippen LogP contribution < -0.4 is 4.90 Å². The molecule has 0 fully saturated rings. The van der Waals surface area contributed by atoms with E-state index in [0.717, 1.165) is 0 Å². The zero-order valence-electron chi connectivity index (χ0n) is 10.3. The Bertz CT molecular complexity index is 431. The number of aromatic hydroxyl groups is 1. The van der Waals surface area contributed by atoms with E-state index in [2.05, 4.69) is 0 Å². The fourth-order valence-electron chi connectivity index (χ4n) is 1.69. The molecule has 1 aromatic carbocycles. The minimum Gasteiger partial charge on any atom is -0.508 e. The molecule has 0 aromatic heterocycles. The molecule has 0 aliphatic carbocycles. The molecule has 0 bridgehead atoms. The highest BCUT2D eigenvalue weighted by Gasteiger charge is 2.14. The Kier molecular flexibility index (Phi) is 5.17. The van der Waals surface area contributed by atoms with Crippen LogP contribution in [0.2, 0.25) is 0 Å². The lowest BCUT2D eigenvalue weighted by molar-refractivity contribution is -0.137. The largest absolute Gasteiger partial charge is 0.508 e. The van der Waals surface area contributed by atoms with E-state index in [-0.39, 0.29) is 24.5 Å². The van der Waals surface area contributed by atoms with Gasteiger partial charge in [0.25, 0.3) is 0 Å². The zero-order chi connectivity index (χ0) is 13.5. The maximum atomic E-state index is 11.9. The zero-order valence-corrected chi connectivity index (χ0v) is 10.3. The van der Waals surface area contributed by atoms with Gasteiger partial charge in [0.1, 0.15) is 5.75 Å². The Labute approximate surface area is 106 Å². The van der Waals surface area contributed by atoms with Crippen LogP contribution in [-0.2, 0) is 9.59 Å². The number of nitrogens with zero attached hydrogens (tertiary/aromatic N) is 1. The number of rotatable bonds is 6. The number of phenolic OH excluding ortho intramolecular Hbond substituents is 1. The summed E-state index contributed by atoms with van der Waals surface area (Å²) in [5, 5.41) is 17.9. The van der Waals surface area contributed by atoms with Crippen LogP contribution in [0.4, 0.5) is 5.69 Å². The van der Waals surface area contributed by atoms with E-state index < -0.39 is 5.97 Å². The van der Waals surface area contributed by atoms with Crippen molar-refractivity contribution in [2.24, 2.45) is 0 Å². The SMILES string of the molecule is CCN(C(=O)CCCC(=O)O)c1cccc(O)c1. The monoisotopic (exact) mass is 251 g/mol. The van der Waals surface area contributed by atoms with Crippen molar-refractivity contribution >= 4 is 17.6 Å². The molecule has 5 nitrogen and oxygen atoms in total. The smallest absolute Gasteiger partial charge is 0.303 e. The predicted octanol–water partition coefficient (Wildman–Crippen LogP) is 2.00. The Morgan fingerprint density at radius 1 is 1.28 bits per heavy atom. The minimum atomic E-state index is -0.900. The standard InChI is InChI=1S/C13H17NO4/c1-2-14(10-5-3-6-11(15)9-10)12(16)7-4-8-13(17)18/h3,5-6,9,15H,2,4,7-8H2,1H3,(H,17,18). The van der Waals surface area contributed by atoms with Crippen molar-refractivity contribution in [2.75, 3.05) is 11.4 Å². The molecule has 0 aliphatic rings. The van der Waals surface area contributed by atoms with Crippen molar-refractivity contribution in [1.29, 1.82) is 0 Å². The van der Waals surface area contributed by atoms with Crippen LogP contribution in [0.15, 0.2) is 24.3 Å². The topological polar surface area (TPSA) is 77.8 Å². The Balaban J connectivity index is 2.65. The van der Waals surface area contributed by atoms with Crippen LogP contribution in [0.1, 0.15) is 26.2 Å². The van der Waals surface area contributed by atoms with E-state index in [9.17, 15) is 14.7 Å². The van der Waals surface area contributed by atoms with Crippen molar-refractivity contribution in [3.05, 3.63) is 24.3 Å². The van der Waals surface area contributed by atoms with Crippen LogP contribution in [-0.4, -0.2) is 28.6 Å². The van der Waals surface area contributed by atoms with Gasteiger partial charge in [-0.3, -0.25) is 9.59 Å². The number of amides is 1. The molecule has 0 radical (unpaired) electrons. The lowest BCUT2D eigenvalue weighted by atomic mass is 10.2. The fraction of sp³-hybridized carbons (Fsp3) is 0.385. The van der Waals surface area contributed by atoms with Gasteiger partial charge in [-0.25, -0.2) is 0 Å². The Morgan fingerprint density at radius 3 is 2.56 bits per heavy atom. The Hall–Kier alpha value is -2.04. The number of aliphatic carboxylic acids is 1. The number of carbonyl (C=O) groups is 2. The number of hydrogen-bond acceptors (Lipinski definition) is 3. The number of benzene rings is 1. The maximum absolute atomic E-state index is 11.9. The maximum Gasteiger partial charge on any atom is 0.303 e. The molecule has 18 heavy (non-hydrogen) atoms. The number of hydrogen-bond donors (Lipinski definition) is 2. The van der Waals surface area contributed by atoms with Gasteiger partial charge in [-0.2, -0.15) is 0 Å². The first-order valence-electron chi connectivity index (χ1n) is 5.85. The summed E-state index contributed by atoms with van der Waals surface area (Å²) in [4.78, 5) is 23.8. The van der Waals surface area contributed by atoms with Gasteiger partial charge >= 0.3 is 5.97 Å². The van der Waals surface area contributed by atoms with Gasteiger partial charge in [-0.1, -0.05) is 6.07 Å². The summed E-state index contributed by atoms with van der Waals surface area (Å²) in [6.07, 6.45) is 0.503. The normalized spacial score (nSPS) is 10.1. The van der Waals surface area contributed by atoms with E-state index in [1.807, 2.05) is 6.92 Å². The van der Waals surface area contributed by atoms with Crippen LogP contribution in [0.25, 0.3) is 0 Å². The molecule has 0 saturated heterocycles. The first-order valence-corrected chi connectivity index (χ1v) is 5.85. The molecule has 0 unspecified atom stereocenters. The lowest BCUT2D eigenvalue weighted by Crippen LogP contribution is -2.30. The first kappa shape index (κ1) is 14.0. The molecule has 1 rings (SSSR count). The van der Waals surface area contributed by atoms with Crippen LogP contribution in [0, 0.1) is 0 Å². The molecule has 1 amide bonds. The quantitative estimate of drug-likeness (QED) is 0.810. The summed E-state index contributed by atoms with van der Waals surface area (Å²) in [5.74, 6) is -0.933. The summed E-state index contributed by atoms with van der Waals surface area (Å²) in [5.41, 5.74) is 0.623. The molecule has 0 atom stereocenters. The predicted molar refractivity (Wildman–Crippen MR) is 67.6 cm³/mol. The third kappa shape index (κ3) is 4.08. The molecular formula is C13H17NO4. The van der Waals surface area contributed by atoms with Gasteiger partial charge < -0.3 is 15.1 Å². The highest BCUT2D eigenvalue weighted by molar-refractivity contribution is 5.93. The number of carboxylic acid groups (broad SMARTS) is 1. The van der Waals surface area contributed by atoms with Gasteiger partial charge in [0.15, 0.2) is 0 Å². The second kappa shape index (κ2) is 6.64. The van der Waals surface area contributed by atoms with E-state index in [1.54, 1.807) is 12.1 Å². The van der Waals surface area contributed by atoms with Crippen molar-refractivity contribution in [1.82, 2.24) is 0 Å². The summed E-state index contributed by atoms with van der Waals surface area (Å²) < 4.78 is 0. The second-order valence-electron chi connectivity index (χ2n) is 3.91. The molecule has 0 spiro atoms. The van der Waals surface area contributed by atoms with Gasteiger partial charge in [0, 0.05) is 31.1 Å². The summed E-state index contributed by atoms with van der Waals surface area (Å²) in [7, 11) is 0. The molecule has 2 N–H and O–H groups in total. The summed E-state index contributed by atoms with van der Waals surface area (Å²) >= 11 is 0. The molecule has 5 heteroatoms. The second-order valence-corrected chi connectivity index (χ2v) is 3.91. The molecule has 0 heterocycles. The van der Waals surface area contributed by atoms with Crippen LogP contribution >= 0.6 is 0 Å². The number of carboxylic acids is 1. The van der Waals surface area contributed by atoms with E-state index in [4.69, 9.17) is 5.11 Å². The van der Waals surface area contributed by atoms with E-state index in [0.29, 0.717) is 18.7 Å². The van der Waals surface area contributed by atoms with Crippen molar-refractivity contribution in [2.45, 2.75) is 26.2 Å². The number of anilines is 1. The highest BCUT2D eigenvalue weighted by atomic mass is 16.4. The first-order chi connectivity index (χ1) is 8.54. The van der Waals surface area contributed by atoms with Gasteiger partial charge in [0.2, 0.25) is 5.91 Å². The van der Waals surface area contributed by atoms with Gasteiger partial charge in [0.05, 0.1) is 0 Å². The third-order valence-corrected chi connectivity index (χ3v) is 2.54. The van der Waals surface area contributed by atoms with E-state index >= 15 is 0 Å². The van der Waals surface area contributed by atoms with Crippen molar-refractivity contribution in [3.63, 3.8) is 0 Å². The van der Waals surface area contributed by atoms with Gasteiger partial charge in [-0.05, 0) is 25.5 Å². The molecule has 0 aliphatic heterocycles. The fourth-order valence-corrected chi connectivity index (χ4v) is 1.69. The van der Waals surface area contributed by atoms with Crippen molar-refractivity contribution < 1.29 is 19.8 Å². The lowest BCUT2D eigenvalue weighted by Gasteiger charge is -2.21. The number of carbonyl (C=O) groups excluding carboxylic acids is 1. The number of phenols is 1. The minimum absolute atomic E-state index is 0.0106. The third-order valence-electron chi connectivity index (χ3n) is 2.54. The van der Waals surface area contributed by atoms with Gasteiger partial charge in [-0.15, -0.1) is 0 Å². The van der Waals surface area contributed by atoms with Crippen LogP contribution in [0.3, 0.4) is 0 Å². The highest BCUT2D eigenvalue weighted by Crippen LogP contribution is 2.20. The molecule has 1 aromatic rings. The van der Waals surface area contributed by atoms with Crippen LogP contribution in [0.5, 0.6) is 5.75 Å². The summed E-state index contributed by atoms with van der Waals surface area (Å²) in [6, 6.07) is 6.45. The molecule has 98 valence electrons. The average Bonchev–Trinajstić information content (AvgIpc) is 2.29. The molecule has 0 saturated carbocycles.